The first-order chi connectivity index (χ1) is 25.6. The third-order valence-corrected chi connectivity index (χ3v) is 11.8. The van der Waals surface area contributed by atoms with Crippen LogP contribution in [0.2, 0.25) is 0 Å². The third kappa shape index (κ3) is 15.5. The lowest BCUT2D eigenvalue weighted by Gasteiger charge is -2.25. The molecule has 288 valence electrons. The zero-order chi connectivity index (χ0) is 37.2. The summed E-state index contributed by atoms with van der Waals surface area (Å²) in [7, 11) is 0. The molecule has 0 radical (unpaired) electrons. The normalized spacial score (nSPS) is 11.2. The summed E-state index contributed by atoms with van der Waals surface area (Å²) in [4.78, 5) is 0. The molecule has 0 unspecified atom stereocenters. The molecule has 0 aliphatic carbocycles. The van der Waals surface area contributed by atoms with Gasteiger partial charge in [0.2, 0.25) is 0 Å². The fourth-order valence-corrected chi connectivity index (χ4v) is 8.93. The van der Waals surface area contributed by atoms with E-state index in [-0.39, 0.29) is 0 Å². The highest BCUT2D eigenvalue weighted by Crippen LogP contribution is 2.34. The summed E-state index contributed by atoms with van der Waals surface area (Å²) in [5, 5.41) is 0. The van der Waals surface area contributed by atoms with E-state index in [1.807, 2.05) is 0 Å². The molecule has 0 amide bonds. The van der Waals surface area contributed by atoms with E-state index in [0.717, 1.165) is 55.8 Å². The summed E-state index contributed by atoms with van der Waals surface area (Å²) < 4.78 is 22.1. The van der Waals surface area contributed by atoms with Crippen LogP contribution in [-0.2, 0) is 38.5 Å². The van der Waals surface area contributed by atoms with Gasteiger partial charge in [0.1, 0.15) is 0 Å². The second kappa shape index (κ2) is 27.2. The standard InChI is InChI=1S/3C16H26O.Al/c3*1-3-5-7-10-14-12-9-13-15(16(14)17)11-8-6-4-2;/h3*9,12-13,17H,3-8,10-11H2,1-2H3;/q;;;+3/p-3. The molecule has 0 saturated heterocycles. The van der Waals surface area contributed by atoms with Gasteiger partial charge in [0.25, 0.3) is 0 Å². The fourth-order valence-electron chi connectivity index (χ4n) is 7.30. The summed E-state index contributed by atoms with van der Waals surface area (Å²) in [5.41, 5.74) is 7.87. The minimum absolute atomic E-state index is 1.03. The highest BCUT2D eigenvalue weighted by Gasteiger charge is 2.47. The molecule has 0 atom stereocenters. The van der Waals surface area contributed by atoms with Crippen LogP contribution < -0.4 is 11.4 Å². The van der Waals surface area contributed by atoms with Crippen LogP contribution in [0.15, 0.2) is 54.6 Å². The predicted octanol–water partition coefficient (Wildman–Crippen LogP) is 14.6. The van der Waals surface area contributed by atoms with Gasteiger partial charge in [-0.25, -0.2) is 0 Å². The van der Waals surface area contributed by atoms with E-state index < -0.39 is 15.1 Å². The lowest BCUT2D eigenvalue weighted by Crippen LogP contribution is -2.39. The van der Waals surface area contributed by atoms with Crippen molar-refractivity contribution >= 4 is 15.1 Å². The Morgan fingerprint density at radius 3 is 0.673 bits per heavy atom. The first-order valence-corrected chi connectivity index (χ1v) is 23.3. The van der Waals surface area contributed by atoms with E-state index in [0.29, 0.717) is 0 Å². The molecule has 0 N–H and O–H groups in total. The Balaban J connectivity index is 2.18. The van der Waals surface area contributed by atoms with Gasteiger partial charge in [-0.2, -0.15) is 0 Å². The van der Waals surface area contributed by atoms with Crippen molar-refractivity contribution in [3.8, 4) is 17.2 Å². The van der Waals surface area contributed by atoms with Crippen molar-refractivity contribution in [1.82, 2.24) is 0 Å². The van der Waals surface area contributed by atoms with Crippen molar-refractivity contribution in [2.24, 2.45) is 0 Å². The van der Waals surface area contributed by atoms with Crippen LogP contribution >= 0.6 is 0 Å². The molecule has 0 spiro atoms. The maximum absolute atomic E-state index is 7.36. The highest BCUT2D eigenvalue weighted by atomic mass is 27.3. The van der Waals surface area contributed by atoms with Crippen molar-refractivity contribution in [2.45, 2.75) is 196 Å². The fraction of sp³-hybridized carbons (Fsp3) is 0.625. The van der Waals surface area contributed by atoms with Crippen LogP contribution in [0.5, 0.6) is 17.2 Å². The van der Waals surface area contributed by atoms with Crippen LogP contribution in [-0.4, -0.2) is 15.1 Å². The molecule has 0 aliphatic heterocycles. The minimum atomic E-state index is -2.83. The Hall–Kier alpha value is -2.41. The van der Waals surface area contributed by atoms with Crippen LogP contribution in [0.1, 0.15) is 190 Å². The Kier molecular flexibility index (Phi) is 23.0. The van der Waals surface area contributed by atoms with E-state index in [1.54, 1.807) is 0 Å². The Bertz CT molecular complexity index is 1120. The zero-order valence-electron chi connectivity index (χ0n) is 34.5. The number of para-hydroxylation sites is 3. The largest absolute Gasteiger partial charge is 1.20 e. The van der Waals surface area contributed by atoms with E-state index in [4.69, 9.17) is 11.4 Å². The van der Waals surface area contributed by atoms with Gasteiger partial charge in [0.05, 0.1) is 17.2 Å². The topological polar surface area (TPSA) is 27.7 Å². The molecule has 3 aromatic carbocycles. The van der Waals surface area contributed by atoms with E-state index >= 15 is 0 Å². The molecule has 0 bridgehead atoms. The van der Waals surface area contributed by atoms with Crippen LogP contribution in [0, 0.1) is 0 Å². The molecule has 3 rings (SSSR count). The summed E-state index contributed by atoms with van der Waals surface area (Å²) in [6.07, 6.45) is 27.8. The molecule has 52 heavy (non-hydrogen) atoms. The first kappa shape index (κ1) is 44.0. The lowest BCUT2D eigenvalue weighted by atomic mass is 9.99. The van der Waals surface area contributed by atoms with Crippen LogP contribution in [0.3, 0.4) is 0 Å². The minimum Gasteiger partial charge on any atom is -0.577 e. The van der Waals surface area contributed by atoms with Gasteiger partial charge in [-0.1, -0.05) is 173 Å². The van der Waals surface area contributed by atoms with Gasteiger partial charge in [0.15, 0.2) is 0 Å². The molecule has 3 nitrogen and oxygen atoms in total. The number of hydrogen-bond acceptors (Lipinski definition) is 3. The maximum atomic E-state index is 7.36. The maximum Gasteiger partial charge on any atom is 1.20 e. The predicted molar refractivity (Wildman–Crippen MR) is 226 cm³/mol. The van der Waals surface area contributed by atoms with Crippen molar-refractivity contribution < 1.29 is 11.4 Å². The van der Waals surface area contributed by atoms with Gasteiger partial charge in [-0.15, -0.1) is 0 Å². The summed E-state index contributed by atoms with van der Waals surface area (Å²) in [6.45, 7) is 13.7. The SMILES string of the molecule is CCCCCc1cccc(CCCCC)c1[O][Al]([O]c1c(CCCCC)cccc1CCCCC)[O]c1c(CCCCC)cccc1CCCCC. The number of rotatable bonds is 30. The molecule has 0 saturated carbocycles. The highest BCUT2D eigenvalue weighted by molar-refractivity contribution is 6.39. The average Bonchev–Trinajstić information content (AvgIpc) is 3.15. The third-order valence-electron chi connectivity index (χ3n) is 10.5. The average molecular weight is 727 g/mol. The number of aryl methyl sites for hydroxylation is 6. The van der Waals surface area contributed by atoms with E-state index in [9.17, 15) is 0 Å². The summed E-state index contributed by atoms with van der Waals surface area (Å²) >= 11 is -2.83. The van der Waals surface area contributed by atoms with Crippen LogP contribution in [0.4, 0.5) is 0 Å². The van der Waals surface area contributed by atoms with Gasteiger partial charge >= 0.3 is 15.1 Å². The Morgan fingerprint density at radius 1 is 0.308 bits per heavy atom. The van der Waals surface area contributed by atoms with E-state index in [1.165, 1.54) is 149 Å². The quantitative estimate of drug-likeness (QED) is 0.0506. The summed E-state index contributed by atoms with van der Waals surface area (Å²) in [6, 6.07) is 20.5. The molecular formula is C48H75AlO3. The second-order valence-corrected chi connectivity index (χ2v) is 16.4. The van der Waals surface area contributed by atoms with Crippen molar-refractivity contribution in [3.05, 3.63) is 88.0 Å². The van der Waals surface area contributed by atoms with Crippen molar-refractivity contribution in [1.29, 1.82) is 0 Å². The molecule has 3 aromatic rings. The Labute approximate surface area is 326 Å². The molecule has 0 aliphatic rings. The van der Waals surface area contributed by atoms with Gasteiger partial charge in [-0.05, 0) is 110 Å². The monoisotopic (exact) mass is 727 g/mol. The smallest absolute Gasteiger partial charge is 0.577 e. The molecule has 0 aromatic heterocycles. The summed E-state index contributed by atoms with van der Waals surface area (Å²) in [5.74, 6) is 3.12. The zero-order valence-corrected chi connectivity index (χ0v) is 35.6. The van der Waals surface area contributed by atoms with Crippen LogP contribution in [0.25, 0.3) is 0 Å². The second-order valence-electron chi connectivity index (χ2n) is 15.1. The number of unbranched alkanes of at least 4 members (excludes halogenated alkanes) is 12. The van der Waals surface area contributed by atoms with E-state index in [2.05, 4.69) is 96.1 Å². The number of hydrogen-bond donors (Lipinski definition) is 0. The Morgan fingerprint density at radius 2 is 0.500 bits per heavy atom. The van der Waals surface area contributed by atoms with Gasteiger partial charge < -0.3 is 11.4 Å². The van der Waals surface area contributed by atoms with Gasteiger partial charge in [0, 0.05) is 0 Å². The molecule has 0 fully saturated rings. The first-order valence-electron chi connectivity index (χ1n) is 21.9. The molecular weight excluding hydrogens is 652 g/mol. The van der Waals surface area contributed by atoms with Crippen molar-refractivity contribution in [2.75, 3.05) is 0 Å². The lowest BCUT2D eigenvalue weighted by molar-refractivity contribution is 0.298. The van der Waals surface area contributed by atoms with Gasteiger partial charge in [-0.3, -0.25) is 0 Å². The molecule has 0 heterocycles. The molecule has 4 heteroatoms. The van der Waals surface area contributed by atoms with Crippen molar-refractivity contribution in [3.63, 3.8) is 0 Å². The number of benzene rings is 3.